The summed E-state index contributed by atoms with van der Waals surface area (Å²) in [6.45, 7) is 0. The molecule has 154 valence electrons. The van der Waals surface area contributed by atoms with Crippen LogP contribution in [0.2, 0.25) is 0 Å². The average Bonchev–Trinajstić information content (AvgIpc) is 2.84. The quantitative estimate of drug-likeness (QED) is 0.236. The minimum Gasteiger partial charge on any atom is -0.265 e. The van der Waals surface area contributed by atoms with Crippen molar-refractivity contribution >= 4 is 31.9 Å². The fraction of sp³-hybridized carbons (Fsp3) is 0. The molecule has 6 heteroatoms. The zero-order valence-corrected chi connectivity index (χ0v) is 20.0. The summed E-state index contributed by atoms with van der Waals surface area (Å²) in [4.78, 5) is 18.4. The number of pyridine rings is 1. The highest BCUT2D eigenvalue weighted by Crippen LogP contribution is 2.29. The molecule has 2 aromatic heterocycles. The summed E-state index contributed by atoms with van der Waals surface area (Å²) in [6.07, 6.45) is 3.48. The van der Waals surface area contributed by atoms with E-state index in [0.29, 0.717) is 17.5 Å². The maximum absolute atomic E-state index is 4.80. The van der Waals surface area contributed by atoms with Gasteiger partial charge in [-0.15, -0.1) is 0 Å². The fourth-order valence-electron chi connectivity index (χ4n) is 3.39. The van der Waals surface area contributed by atoms with Crippen LogP contribution in [0, 0.1) is 0 Å². The van der Waals surface area contributed by atoms with E-state index in [9.17, 15) is 0 Å². The molecule has 5 rings (SSSR count). The van der Waals surface area contributed by atoms with Gasteiger partial charge in [0.1, 0.15) is 0 Å². The Morgan fingerprint density at radius 1 is 0.438 bits per heavy atom. The van der Waals surface area contributed by atoms with Gasteiger partial charge >= 0.3 is 0 Å². The van der Waals surface area contributed by atoms with E-state index in [2.05, 4.69) is 73.2 Å². The number of rotatable bonds is 4. The number of halogens is 2. The monoisotopic (exact) mass is 542 g/mol. The third-order valence-corrected chi connectivity index (χ3v) is 5.86. The molecule has 0 saturated carbocycles. The molecule has 0 radical (unpaired) electrons. The predicted octanol–water partition coefficient (Wildman–Crippen LogP) is 7.46. The van der Waals surface area contributed by atoms with E-state index in [1.54, 1.807) is 12.4 Å². The van der Waals surface area contributed by atoms with Gasteiger partial charge in [0.15, 0.2) is 17.5 Å². The maximum atomic E-state index is 4.80. The highest BCUT2D eigenvalue weighted by atomic mass is 79.9. The zero-order valence-electron chi connectivity index (χ0n) is 16.8. The third-order valence-electron chi connectivity index (χ3n) is 4.94. The SMILES string of the molecule is Brc1cc(Br)cc(-c2nc(-c3ccncc3)nc(-c3ccc(-c4ccccc4)cc3)n2)c1. The standard InChI is InChI=1S/C26H16Br2N4/c27-22-14-21(15-23(28)16-22)26-31-24(30-25(32-26)20-10-12-29-13-11-20)19-8-6-18(7-9-19)17-4-2-1-3-5-17/h1-16H. The summed E-state index contributed by atoms with van der Waals surface area (Å²) in [5.74, 6) is 1.84. The topological polar surface area (TPSA) is 51.6 Å². The highest BCUT2D eigenvalue weighted by molar-refractivity contribution is 9.11. The van der Waals surface area contributed by atoms with Crippen LogP contribution in [-0.4, -0.2) is 19.9 Å². The van der Waals surface area contributed by atoms with E-state index in [-0.39, 0.29) is 0 Å². The summed E-state index contributed by atoms with van der Waals surface area (Å²) in [5, 5.41) is 0. The molecule has 0 aliphatic carbocycles. The van der Waals surface area contributed by atoms with E-state index in [0.717, 1.165) is 31.2 Å². The molecule has 0 N–H and O–H groups in total. The second-order valence-corrected chi connectivity index (χ2v) is 8.97. The van der Waals surface area contributed by atoms with Crippen molar-refractivity contribution in [3.05, 3.63) is 106 Å². The van der Waals surface area contributed by atoms with E-state index >= 15 is 0 Å². The first-order chi connectivity index (χ1) is 15.7. The molecule has 0 bridgehead atoms. The van der Waals surface area contributed by atoms with E-state index in [1.807, 2.05) is 48.5 Å². The van der Waals surface area contributed by atoms with Crippen molar-refractivity contribution in [1.29, 1.82) is 0 Å². The summed E-state index contributed by atoms with van der Waals surface area (Å²) in [7, 11) is 0. The van der Waals surface area contributed by atoms with E-state index in [4.69, 9.17) is 15.0 Å². The molecule has 32 heavy (non-hydrogen) atoms. The first-order valence-electron chi connectivity index (χ1n) is 9.94. The number of aromatic nitrogens is 4. The first kappa shape index (κ1) is 20.7. The van der Waals surface area contributed by atoms with Gasteiger partial charge in [-0.05, 0) is 41.5 Å². The predicted molar refractivity (Wildman–Crippen MR) is 135 cm³/mol. The molecule has 2 heterocycles. The molecule has 5 aromatic rings. The number of hydrogen-bond donors (Lipinski definition) is 0. The van der Waals surface area contributed by atoms with Crippen LogP contribution in [0.3, 0.4) is 0 Å². The Kier molecular flexibility index (Phi) is 5.88. The lowest BCUT2D eigenvalue weighted by molar-refractivity contribution is 1.07. The molecule has 0 amide bonds. The lowest BCUT2D eigenvalue weighted by Crippen LogP contribution is -2.00. The molecule has 3 aromatic carbocycles. The van der Waals surface area contributed by atoms with Crippen molar-refractivity contribution in [3.8, 4) is 45.3 Å². The molecule has 0 spiro atoms. The Labute approximate surface area is 202 Å². The molecule has 0 saturated heterocycles. The zero-order chi connectivity index (χ0) is 21.9. The van der Waals surface area contributed by atoms with Gasteiger partial charge in [0.2, 0.25) is 0 Å². The molecule has 0 aliphatic rings. The lowest BCUT2D eigenvalue weighted by Gasteiger charge is -2.09. The Morgan fingerprint density at radius 3 is 1.50 bits per heavy atom. The van der Waals surface area contributed by atoms with Crippen LogP contribution < -0.4 is 0 Å². The van der Waals surface area contributed by atoms with E-state index < -0.39 is 0 Å². The van der Waals surface area contributed by atoms with Crippen molar-refractivity contribution in [2.45, 2.75) is 0 Å². The minimum absolute atomic E-state index is 0.607. The Hall–Kier alpha value is -3.22. The molecule has 0 unspecified atom stereocenters. The molecular formula is C26H16Br2N4. The fourth-order valence-corrected chi connectivity index (χ4v) is 4.68. The first-order valence-corrected chi connectivity index (χ1v) is 11.5. The van der Waals surface area contributed by atoms with Gasteiger partial charge in [0, 0.05) is 38.0 Å². The van der Waals surface area contributed by atoms with Crippen LogP contribution in [0.1, 0.15) is 0 Å². The van der Waals surface area contributed by atoms with Crippen molar-refractivity contribution < 1.29 is 0 Å². The molecule has 0 atom stereocenters. The second kappa shape index (κ2) is 9.10. The minimum atomic E-state index is 0.607. The van der Waals surface area contributed by atoms with Crippen LogP contribution in [-0.2, 0) is 0 Å². The number of hydrogen-bond acceptors (Lipinski definition) is 4. The van der Waals surface area contributed by atoms with Gasteiger partial charge in [0.25, 0.3) is 0 Å². The number of benzene rings is 3. The average molecular weight is 544 g/mol. The smallest absolute Gasteiger partial charge is 0.164 e. The summed E-state index contributed by atoms with van der Waals surface area (Å²) in [5.41, 5.74) is 5.03. The lowest BCUT2D eigenvalue weighted by atomic mass is 10.0. The van der Waals surface area contributed by atoms with Crippen molar-refractivity contribution in [2.24, 2.45) is 0 Å². The molecule has 0 aliphatic heterocycles. The van der Waals surface area contributed by atoms with Crippen molar-refractivity contribution in [2.75, 3.05) is 0 Å². The van der Waals surface area contributed by atoms with Crippen LogP contribution in [0.15, 0.2) is 106 Å². The summed E-state index contributed by atoms with van der Waals surface area (Å²) >= 11 is 7.12. The summed E-state index contributed by atoms with van der Waals surface area (Å²) in [6, 6.07) is 28.4. The largest absolute Gasteiger partial charge is 0.265 e. The molecule has 0 fully saturated rings. The van der Waals surface area contributed by atoms with Gasteiger partial charge in [-0.2, -0.15) is 0 Å². The summed E-state index contributed by atoms with van der Waals surface area (Å²) < 4.78 is 1.89. The van der Waals surface area contributed by atoms with Gasteiger partial charge < -0.3 is 0 Å². The molecular weight excluding hydrogens is 528 g/mol. The normalized spacial score (nSPS) is 10.8. The van der Waals surface area contributed by atoms with Gasteiger partial charge in [-0.3, -0.25) is 4.98 Å². The second-order valence-electron chi connectivity index (χ2n) is 7.14. The Morgan fingerprint density at radius 2 is 0.906 bits per heavy atom. The molecule has 4 nitrogen and oxygen atoms in total. The van der Waals surface area contributed by atoms with Crippen molar-refractivity contribution in [1.82, 2.24) is 19.9 Å². The Bertz CT molecular complexity index is 1350. The number of nitrogens with zero attached hydrogens (tertiary/aromatic N) is 4. The van der Waals surface area contributed by atoms with Crippen molar-refractivity contribution in [3.63, 3.8) is 0 Å². The van der Waals surface area contributed by atoms with Gasteiger partial charge in [0.05, 0.1) is 0 Å². The maximum Gasteiger partial charge on any atom is 0.164 e. The van der Waals surface area contributed by atoms with Gasteiger partial charge in [-0.25, -0.2) is 15.0 Å². The Balaban J connectivity index is 1.63. The van der Waals surface area contributed by atoms with Crippen LogP contribution in [0.25, 0.3) is 45.3 Å². The van der Waals surface area contributed by atoms with Crippen LogP contribution in [0.5, 0.6) is 0 Å². The van der Waals surface area contributed by atoms with Crippen LogP contribution >= 0.6 is 31.9 Å². The third kappa shape index (κ3) is 4.52. The highest BCUT2D eigenvalue weighted by Gasteiger charge is 2.13. The van der Waals surface area contributed by atoms with E-state index in [1.165, 1.54) is 5.56 Å². The van der Waals surface area contributed by atoms with Crippen LogP contribution in [0.4, 0.5) is 0 Å². The van der Waals surface area contributed by atoms with Gasteiger partial charge in [-0.1, -0.05) is 86.5 Å².